The minimum absolute atomic E-state index is 0.0266. The van der Waals surface area contributed by atoms with E-state index < -0.39 is 0 Å². The second-order valence-electron chi connectivity index (χ2n) is 6.64. The molecule has 5 nitrogen and oxygen atoms in total. The summed E-state index contributed by atoms with van der Waals surface area (Å²) in [7, 11) is 0. The van der Waals surface area contributed by atoms with Crippen molar-refractivity contribution in [3.05, 3.63) is 29.8 Å². The van der Waals surface area contributed by atoms with Crippen LogP contribution in [0.4, 0.5) is 10.5 Å². The Balaban J connectivity index is 1.42. The van der Waals surface area contributed by atoms with Crippen LogP contribution in [0.15, 0.2) is 24.3 Å². The van der Waals surface area contributed by atoms with Gasteiger partial charge in [0, 0.05) is 38.4 Å². The standard InChI is InChI=1S/C18H27N3O2/c1-15-2-4-17(5-3-15)19-18(22)21-8-6-16(7-9-21)14-20-10-12-23-13-11-20/h2-5,16H,6-14H2,1H3,(H,19,22). The van der Waals surface area contributed by atoms with Crippen molar-refractivity contribution >= 4 is 11.7 Å². The maximum Gasteiger partial charge on any atom is 0.321 e. The normalized spacial score (nSPS) is 20.5. The Morgan fingerprint density at radius 3 is 2.43 bits per heavy atom. The first kappa shape index (κ1) is 16.3. The molecule has 1 aromatic carbocycles. The molecule has 2 saturated heterocycles. The molecule has 0 aromatic heterocycles. The van der Waals surface area contributed by atoms with Crippen molar-refractivity contribution in [3.8, 4) is 0 Å². The van der Waals surface area contributed by atoms with Crippen LogP contribution in [-0.4, -0.2) is 61.8 Å². The molecular weight excluding hydrogens is 290 g/mol. The molecule has 0 bridgehead atoms. The predicted octanol–water partition coefficient (Wildman–Crippen LogP) is 2.57. The summed E-state index contributed by atoms with van der Waals surface area (Å²) in [6, 6.07) is 7.98. The number of anilines is 1. The summed E-state index contributed by atoms with van der Waals surface area (Å²) < 4.78 is 5.40. The molecule has 3 rings (SSSR count). The van der Waals surface area contributed by atoms with Crippen LogP contribution in [-0.2, 0) is 4.74 Å². The minimum Gasteiger partial charge on any atom is -0.379 e. The van der Waals surface area contributed by atoms with Gasteiger partial charge >= 0.3 is 6.03 Å². The zero-order valence-corrected chi connectivity index (χ0v) is 14.0. The van der Waals surface area contributed by atoms with Crippen molar-refractivity contribution in [2.24, 2.45) is 5.92 Å². The number of carbonyl (C=O) groups is 1. The van der Waals surface area contributed by atoms with E-state index in [1.165, 1.54) is 5.56 Å². The number of hydrogen-bond donors (Lipinski definition) is 1. The monoisotopic (exact) mass is 317 g/mol. The molecule has 2 amide bonds. The number of nitrogens with zero attached hydrogens (tertiary/aromatic N) is 2. The number of aryl methyl sites for hydroxylation is 1. The number of likely N-dealkylation sites (tertiary alicyclic amines) is 1. The fourth-order valence-electron chi connectivity index (χ4n) is 3.31. The van der Waals surface area contributed by atoms with Crippen molar-refractivity contribution < 1.29 is 9.53 Å². The quantitative estimate of drug-likeness (QED) is 0.932. The molecule has 0 saturated carbocycles. The number of amides is 2. The van der Waals surface area contributed by atoms with Gasteiger partial charge in [-0.25, -0.2) is 4.79 Å². The first-order valence-electron chi connectivity index (χ1n) is 8.63. The van der Waals surface area contributed by atoms with Gasteiger partial charge < -0.3 is 15.0 Å². The summed E-state index contributed by atoms with van der Waals surface area (Å²) in [5.74, 6) is 0.705. The van der Waals surface area contributed by atoms with Crippen LogP contribution >= 0.6 is 0 Å². The molecule has 2 aliphatic heterocycles. The SMILES string of the molecule is Cc1ccc(NC(=O)N2CCC(CN3CCOCC3)CC2)cc1. The lowest BCUT2D eigenvalue weighted by Crippen LogP contribution is -2.45. The minimum atomic E-state index is 0.0266. The highest BCUT2D eigenvalue weighted by Gasteiger charge is 2.24. The molecule has 23 heavy (non-hydrogen) atoms. The number of nitrogens with one attached hydrogen (secondary N) is 1. The third kappa shape index (κ3) is 4.69. The summed E-state index contributed by atoms with van der Waals surface area (Å²) in [6.45, 7) is 8.72. The fraction of sp³-hybridized carbons (Fsp3) is 0.611. The Kier molecular flexibility index (Phi) is 5.51. The number of piperidine rings is 1. The maximum absolute atomic E-state index is 12.3. The van der Waals surface area contributed by atoms with Crippen LogP contribution in [0.5, 0.6) is 0 Å². The van der Waals surface area contributed by atoms with Crippen LogP contribution in [0.25, 0.3) is 0 Å². The zero-order valence-electron chi connectivity index (χ0n) is 14.0. The molecule has 2 fully saturated rings. The van der Waals surface area contributed by atoms with Gasteiger partial charge in [0.05, 0.1) is 13.2 Å². The van der Waals surface area contributed by atoms with Crippen molar-refractivity contribution in [2.45, 2.75) is 19.8 Å². The lowest BCUT2D eigenvalue weighted by Gasteiger charge is -2.36. The van der Waals surface area contributed by atoms with Gasteiger partial charge in [0.15, 0.2) is 0 Å². The Labute approximate surface area is 138 Å². The highest BCUT2D eigenvalue weighted by molar-refractivity contribution is 5.89. The van der Waals surface area contributed by atoms with Crippen molar-refractivity contribution in [2.75, 3.05) is 51.3 Å². The summed E-state index contributed by atoms with van der Waals surface area (Å²) >= 11 is 0. The van der Waals surface area contributed by atoms with Crippen LogP contribution in [0.2, 0.25) is 0 Å². The average Bonchev–Trinajstić information content (AvgIpc) is 2.58. The predicted molar refractivity (Wildman–Crippen MR) is 91.8 cm³/mol. The first-order chi connectivity index (χ1) is 11.2. The number of ether oxygens (including phenoxy) is 1. The molecular formula is C18H27N3O2. The van der Waals surface area contributed by atoms with Crippen LogP contribution in [0, 0.1) is 12.8 Å². The topological polar surface area (TPSA) is 44.8 Å². The van der Waals surface area contributed by atoms with E-state index in [4.69, 9.17) is 4.74 Å². The molecule has 0 unspecified atom stereocenters. The number of benzene rings is 1. The lowest BCUT2D eigenvalue weighted by molar-refractivity contribution is 0.0260. The number of rotatable bonds is 3. The lowest BCUT2D eigenvalue weighted by atomic mass is 9.96. The van der Waals surface area contributed by atoms with Crippen LogP contribution in [0.3, 0.4) is 0 Å². The molecule has 5 heteroatoms. The van der Waals surface area contributed by atoms with E-state index in [1.54, 1.807) is 0 Å². The average molecular weight is 317 g/mol. The Bertz CT molecular complexity index is 504. The number of hydrogen-bond acceptors (Lipinski definition) is 3. The number of urea groups is 1. The molecule has 0 atom stereocenters. The van der Waals surface area contributed by atoms with Crippen LogP contribution in [0.1, 0.15) is 18.4 Å². The van der Waals surface area contributed by atoms with Gasteiger partial charge in [-0.3, -0.25) is 4.90 Å². The highest BCUT2D eigenvalue weighted by atomic mass is 16.5. The van der Waals surface area contributed by atoms with E-state index in [-0.39, 0.29) is 6.03 Å². The molecule has 2 aliphatic rings. The second-order valence-corrected chi connectivity index (χ2v) is 6.64. The van der Waals surface area contributed by atoms with Gasteiger partial charge in [-0.1, -0.05) is 17.7 Å². The maximum atomic E-state index is 12.3. The largest absolute Gasteiger partial charge is 0.379 e. The molecule has 126 valence electrons. The molecule has 1 aromatic rings. The molecule has 2 heterocycles. The third-order valence-corrected chi connectivity index (χ3v) is 4.82. The Morgan fingerprint density at radius 2 is 1.78 bits per heavy atom. The summed E-state index contributed by atoms with van der Waals surface area (Å²) in [6.07, 6.45) is 2.19. The Hall–Kier alpha value is -1.59. The van der Waals surface area contributed by atoms with E-state index in [2.05, 4.69) is 10.2 Å². The third-order valence-electron chi connectivity index (χ3n) is 4.82. The van der Waals surface area contributed by atoms with Gasteiger partial charge in [-0.05, 0) is 37.8 Å². The summed E-state index contributed by atoms with van der Waals surface area (Å²) in [5.41, 5.74) is 2.07. The molecule has 0 spiro atoms. The second kappa shape index (κ2) is 7.79. The van der Waals surface area contributed by atoms with Gasteiger partial charge in [-0.2, -0.15) is 0 Å². The van der Waals surface area contributed by atoms with E-state index in [9.17, 15) is 4.79 Å². The Morgan fingerprint density at radius 1 is 1.13 bits per heavy atom. The van der Waals surface area contributed by atoms with Gasteiger partial charge in [0.1, 0.15) is 0 Å². The first-order valence-corrected chi connectivity index (χ1v) is 8.63. The summed E-state index contributed by atoms with van der Waals surface area (Å²) in [4.78, 5) is 16.8. The van der Waals surface area contributed by atoms with Crippen molar-refractivity contribution in [3.63, 3.8) is 0 Å². The molecule has 1 N–H and O–H groups in total. The smallest absolute Gasteiger partial charge is 0.321 e. The fourth-order valence-corrected chi connectivity index (χ4v) is 3.31. The van der Waals surface area contributed by atoms with E-state index >= 15 is 0 Å². The van der Waals surface area contributed by atoms with Gasteiger partial charge in [0.2, 0.25) is 0 Å². The van der Waals surface area contributed by atoms with E-state index in [0.29, 0.717) is 5.92 Å². The molecule has 0 radical (unpaired) electrons. The van der Waals surface area contributed by atoms with Crippen molar-refractivity contribution in [1.29, 1.82) is 0 Å². The number of morpholine rings is 1. The summed E-state index contributed by atoms with van der Waals surface area (Å²) in [5, 5.41) is 3.00. The molecule has 0 aliphatic carbocycles. The number of carbonyl (C=O) groups excluding carboxylic acids is 1. The zero-order chi connectivity index (χ0) is 16.1. The van der Waals surface area contributed by atoms with Gasteiger partial charge in [0.25, 0.3) is 0 Å². The highest BCUT2D eigenvalue weighted by Crippen LogP contribution is 2.20. The van der Waals surface area contributed by atoms with Crippen LogP contribution < -0.4 is 5.32 Å². The van der Waals surface area contributed by atoms with Crippen molar-refractivity contribution in [1.82, 2.24) is 9.80 Å². The van der Waals surface area contributed by atoms with E-state index in [0.717, 1.165) is 64.5 Å². The van der Waals surface area contributed by atoms with Gasteiger partial charge in [-0.15, -0.1) is 0 Å². The van der Waals surface area contributed by atoms with E-state index in [1.807, 2.05) is 36.1 Å².